The Kier molecular flexibility index (Phi) is 12.6. The zero-order valence-electron chi connectivity index (χ0n) is 5.99. The van der Waals surface area contributed by atoms with Crippen molar-refractivity contribution in [2.75, 3.05) is 14.1 Å². The van der Waals surface area contributed by atoms with Crippen LogP contribution in [0.15, 0.2) is 24.8 Å². The predicted molar refractivity (Wildman–Crippen MR) is 40.0 cm³/mol. The highest BCUT2D eigenvalue weighted by Gasteiger charge is 1.59. The van der Waals surface area contributed by atoms with Gasteiger partial charge in [-0.15, -0.1) is 0 Å². The summed E-state index contributed by atoms with van der Waals surface area (Å²) in [6.07, 6.45) is 1.72. The minimum absolute atomic E-state index is 1.02. The third kappa shape index (κ3) is 51.7. The van der Waals surface area contributed by atoms with E-state index in [2.05, 4.69) is 18.5 Å². The van der Waals surface area contributed by atoms with Gasteiger partial charge in [0.1, 0.15) is 0 Å². The van der Waals surface area contributed by atoms with E-state index in [1.54, 1.807) is 6.08 Å². The van der Waals surface area contributed by atoms with Crippen LogP contribution in [-0.2, 0) is 0 Å². The molecule has 0 bridgehead atoms. The average molecular weight is 113 g/mol. The highest BCUT2D eigenvalue weighted by Crippen LogP contribution is 1.81. The van der Waals surface area contributed by atoms with Crippen LogP contribution < -0.4 is 5.32 Å². The van der Waals surface area contributed by atoms with Crippen LogP contribution in [0.25, 0.3) is 0 Å². The van der Waals surface area contributed by atoms with Gasteiger partial charge in [-0.1, -0.05) is 24.8 Å². The first-order valence-electron chi connectivity index (χ1n) is 2.55. The van der Waals surface area contributed by atoms with Crippen LogP contribution in [0.4, 0.5) is 0 Å². The first kappa shape index (κ1) is 10.4. The minimum Gasteiger partial charge on any atom is -0.323 e. The SMILES string of the molecule is C=CC(=C)C.CNC. The lowest BCUT2D eigenvalue weighted by Crippen LogP contribution is -1.89. The fourth-order valence-corrected chi connectivity index (χ4v) is 0. The summed E-state index contributed by atoms with van der Waals surface area (Å²) >= 11 is 0. The van der Waals surface area contributed by atoms with E-state index >= 15 is 0 Å². The summed E-state index contributed by atoms with van der Waals surface area (Å²) in [5.74, 6) is 0. The fourth-order valence-electron chi connectivity index (χ4n) is 0. The number of hydrogen-bond donors (Lipinski definition) is 1. The van der Waals surface area contributed by atoms with Gasteiger partial charge in [-0.3, -0.25) is 0 Å². The molecule has 0 spiro atoms. The molecule has 0 radical (unpaired) electrons. The zero-order valence-corrected chi connectivity index (χ0v) is 5.99. The van der Waals surface area contributed by atoms with Crippen LogP contribution in [-0.4, -0.2) is 14.1 Å². The van der Waals surface area contributed by atoms with Crippen molar-refractivity contribution in [3.63, 3.8) is 0 Å². The predicted octanol–water partition coefficient (Wildman–Crippen LogP) is 1.58. The Hall–Kier alpha value is -0.560. The molecule has 0 amide bonds. The van der Waals surface area contributed by atoms with Gasteiger partial charge in [0.05, 0.1) is 0 Å². The van der Waals surface area contributed by atoms with E-state index in [4.69, 9.17) is 0 Å². The third-order valence-electron chi connectivity index (χ3n) is 0.348. The molecule has 0 unspecified atom stereocenters. The molecule has 0 heterocycles. The molecule has 0 saturated carbocycles. The molecular formula is C7H15N. The van der Waals surface area contributed by atoms with Crippen LogP contribution in [0.3, 0.4) is 0 Å². The molecular weight excluding hydrogens is 98.1 g/mol. The average Bonchev–Trinajstić information content (AvgIpc) is 1.69. The second-order valence-corrected chi connectivity index (χ2v) is 1.55. The molecule has 1 heteroatoms. The van der Waals surface area contributed by atoms with E-state index < -0.39 is 0 Å². The van der Waals surface area contributed by atoms with Crippen LogP contribution >= 0.6 is 0 Å². The molecule has 0 aromatic rings. The van der Waals surface area contributed by atoms with E-state index in [9.17, 15) is 0 Å². The Morgan fingerprint density at radius 2 is 1.62 bits per heavy atom. The van der Waals surface area contributed by atoms with Crippen molar-refractivity contribution in [3.8, 4) is 0 Å². The summed E-state index contributed by atoms with van der Waals surface area (Å²) in [4.78, 5) is 0. The molecule has 0 atom stereocenters. The van der Waals surface area contributed by atoms with E-state index in [0.717, 1.165) is 5.57 Å². The topological polar surface area (TPSA) is 12.0 Å². The number of nitrogens with one attached hydrogen (secondary N) is 1. The first-order valence-corrected chi connectivity index (χ1v) is 2.55. The smallest absolute Gasteiger partial charge is 0.0167 e. The molecule has 0 fully saturated rings. The van der Waals surface area contributed by atoms with Gasteiger partial charge in [0.2, 0.25) is 0 Å². The third-order valence-corrected chi connectivity index (χ3v) is 0.348. The van der Waals surface area contributed by atoms with Crippen LogP contribution in [0.1, 0.15) is 6.92 Å². The number of allylic oxidation sites excluding steroid dienone is 2. The molecule has 0 aromatic heterocycles. The second kappa shape index (κ2) is 9.67. The Balaban J connectivity index is 0. The Morgan fingerprint density at radius 3 is 1.62 bits per heavy atom. The maximum Gasteiger partial charge on any atom is -0.0167 e. The molecule has 0 aromatic carbocycles. The monoisotopic (exact) mass is 113 g/mol. The molecule has 48 valence electrons. The number of rotatable bonds is 1. The van der Waals surface area contributed by atoms with Crippen LogP contribution in [0, 0.1) is 0 Å². The van der Waals surface area contributed by atoms with E-state index in [0.29, 0.717) is 0 Å². The largest absolute Gasteiger partial charge is 0.323 e. The molecule has 1 nitrogen and oxygen atoms in total. The van der Waals surface area contributed by atoms with Gasteiger partial charge in [-0.05, 0) is 21.0 Å². The van der Waals surface area contributed by atoms with Crippen LogP contribution in [0.2, 0.25) is 0 Å². The maximum atomic E-state index is 3.56. The molecule has 8 heavy (non-hydrogen) atoms. The minimum atomic E-state index is 1.02. The first-order chi connectivity index (χ1) is 3.68. The van der Waals surface area contributed by atoms with Gasteiger partial charge in [0.15, 0.2) is 0 Å². The van der Waals surface area contributed by atoms with Crippen molar-refractivity contribution in [2.24, 2.45) is 0 Å². The Labute approximate surface area is 52.1 Å². The maximum absolute atomic E-state index is 3.56. The molecule has 0 rings (SSSR count). The molecule has 0 aliphatic rings. The van der Waals surface area contributed by atoms with Crippen molar-refractivity contribution >= 4 is 0 Å². The van der Waals surface area contributed by atoms with Crippen molar-refractivity contribution in [1.29, 1.82) is 0 Å². The summed E-state index contributed by atoms with van der Waals surface area (Å²) in [6.45, 7) is 8.93. The highest BCUT2D eigenvalue weighted by molar-refractivity contribution is 5.05. The van der Waals surface area contributed by atoms with Gasteiger partial charge in [-0.2, -0.15) is 0 Å². The zero-order chi connectivity index (χ0) is 6.99. The lowest BCUT2D eigenvalue weighted by molar-refractivity contribution is 1.02. The van der Waals surface area contributed by atoms with Gasteiger partial charge in [-0.25, -0.2) is 0 Å². The molecule has 0 aliphatic heterocycles. The van der Waals surface area contributed by atoms with Crippen molar-refractivity contribution in [2.45, 2.75) is 6.92 Å². The lowest BCUT2D eigenvalue weighted by atomic mass is 10.4. The van der Waals surface area contributed by atoms with Gasteiger partial charge in [0.25, 0.3) is 0 Å². The molecule has 1 N–H and O–H groups in total. The lowest BCUT2D eigenvalue weighted by Gasteiger charge is -1.71. The second-order valence-electron chi connectivity index (χ2n) is 1.55. The van der Waals surface area contributed by atoms with Gasteiger partial charge in [0, 0.05) is 0 Å². The standard InChI is InChI=1S/C5H8.C2H7N/c1-4-5(2)3;1-3-2/h4H,1-2H2,3H3;3H,1-2H3. The van der Waals surface area contributed by atoms with Crippen molar-refractivity contribution in [3.05, 3.63) is 24.8 Å². The normalized spacial score (nSPS) is 6.38. The van der Waals surface area contributed by atoms with E-state index in [1.165, 1.54) is 0 Å². The van der Waals surface area contributed by atoms with Gasteiger partial charge >= 0.3 is 0 Å². The summed E-state index contributed by atoms with van der Waals surface area (Å²) in [5.41, 5.74) is 1.02. The summed E-state index contributed by atoms with van der Waals surface area (Å²) in [5, 5.41) is 2.75. The van der Waals surface area contributed by atoms with Crippen LogP contribution in [0.5, 0.6) is 0 Å². The molecule has 0 aliphatic carbocycles. The Morgan fingerprint density at radius 1 is 1.50 bits per heavy atom. The summed E-state index contributed by atoms with van der Waals surface area (Å²) in [6, 6.07) is 0. The Bertz CT molecular complexity index is 64.8. The van der Waals surface area contributed by atoms with E-state index in [-0.39, 0.29) is 0 Å². The summed E-state index contributed by atoms with van der Waals surface area (Å²) in [7, 11) is 3.75. The van der Waals surface area contributed by atoms with Crippen molar-refractivity contribution in [1.82, 2.24) is 5.32 Å². The highest BCUT2D eigenvalue weighted by atomic mass is 14.7. The van der Waals surface area contributed by atoms with E-state index in [1.807, 2.05) is 21.0 Å². The summed E-state index contributed by atoms with van der Waals surface area (Å²) < 4.78 is 0. The quantitative estimate of drug-likeness (QED) is 0.509. The molecule has 0 saturated heterocycles. The van der Waals surface area contributed by atoms with Crippen molar-refractivity contribution < 1.29 is 0 Å². The fraction of sp³-hybridized carbons (Fsp3) is 0.429. The van der Waals surface area contributed by atoms with Gasteiger partial charge < -0.3 is 5.32 Å². The number of hydrogen-bond acceptors (Lipinski definition) is 1.